The molecule has 0 spiro atoms. The monoisotopic (exact) mass is 351 g/mol. The Morgan fingerprint density at radius 1 is 0.889 bits per heavy atom. The summed E-state index contributed by atoms with van der Waals surface area (Å²) in [6.07, 6.45) is 0.952. The summed E-state index contributed by atoms with van der Waals surface area (Å²) >= 11 is 2.26. The van der Waals surface area contributed by atoms with E-state index in [0.29, 0.717) is 12.8 Å². The van der Waals surface area contributed by atoms with Gasteiger partial charge in [0.1, 0.15) is 5.78 Å². The largest absolute Gasteiger partial charge is 0.399 e. The van der Waals surface area contributed by atoms with E-state index in [4.69, 9.17) is 5.73 Å². The molecule has 0 atom stereocenters. The molecule has 2 rings (SSSR count). The average molecular weight is 351 g/mol. The zero-order valence-corrected chi connectivity index (χ0v) is 12.1. The highest BCUT2D eigenvalue weighted by Crippen LogP contribution is 2.10. The molecule has 0 heterocycles. The first-order valence-corrected chi connectivity index (χ1v) is 6.82. The molecular formula is C15H14INO. The third-order valence-corrected chi connectivity index (χ3v) is 3.41. The maximum absolute atomic E-state index is 11.9. The zero-order valence-electron chi connectivity index (χ0n) is 9.90. The molecule has 2 nitrogen and oxygen atoms in total. The third-order valence-electron chi connectivity index (χ3n) is 2.70. The van der Waals surface area contributed by atoms with Crippen LogP contribution in [-0.4, -0.2) is 5.78 Å². The van der Waals surface area contributed by atoms with E-state index < -0.39 is 0 Å². The summed E-state index contributed by atoms with van der Waals surface area (Å²) in [7, 11) is 0. The molecule has 2 N–H and O–H groups in total. The summed E-state index contributed by atoms with van der Waals surface area (Å²) in [5, 5.41) is 0. The molecule has 0 bridgehead atoms. The van der Waals surface area contributed by atoms with Crippen molar-refractivity contribution in [2.75, 3.05) is 5.73 Å². The highest BCUT2D eigenvalue weighted by Gasteiger charge is 2.05. The Morgan fingerprint density at radius 2 is 1.33 bits per heavy atom. The Bertz CT molecular complexity index is 482. The minimum Gasteiger partial charge on any atom is -0.399 e. The Morgan fingerprint density at radius 3 is 1.83 bits per heavy atom. The molecule has 0 saturated heterocycles. The number of ketones is 1. The van der Waals surface area contributed by atoms with Gasteiger partial charge in [-0.2, -0.15) is 0 Å². The number of hydrogen-bond acceptors (Lipinski definition) is 2. The lowest BCUT2D eigenvalue weighted by Crippen LogP contribution is -2.06. The van der Waals surface area contributed by atoms with Gasteiger partial charge in [-0.1, -0.05) is 24.3 Å². The summed E-state index contributed by atoms with van der Waals surface area (Å²) < 4.78 is 1.18. The van der Waals surface area contributed by atoms with Crippen molar-refractivity contribution in [2.45, 2.75) is 12.8 Å². The van der Waals surface area contributed by atoms with Crippen molar-refractivity contribution in [1.29, 1.82) is 0 Å². The first kappa shape index (κ1) is 13.1. The second-order valence-corrected chi connectivity index (χ2v) is 5.51. The zero-order chi connectivity index (χ0) is 13.0. The molecule has 0 aliphatic rings. The van der Waals surface area contributed by atoms with Crippen LogP contribution < -0.4 is 5.73 Å². The van der Waals surface area contributed by atoms with Gasteiger partial charge in [-0.3, -0.25) is 4.79 Å². The highest BCUT2D eigenvalue weighted by atomic mass is 127. The van der Waals surface area contributed by atoms with Gasteiger partial charge in [-0.15, -0.1) is 0 Å². The van der Waals surface area contributed by atoms with Gasteiger partial charge < -0.3 is 5.73 Å². The van der Waals surface area contributed by atoms with E-state index >= 15 is 0 Å². The molecule has 0 saturated carbocycles. The van der Waals surface area contributed by atoms with Crippen LogP contribution in [0.3, 0.4) is 0 Å². The maximum atomic E-state index is 11.9. The van der Waals surface area contributed by atoms with Crippen LogP contribution in [0, 0.1) is 3.57 Å². The van der Waals surface area contributed by atoms with Gasteiger partial charge in [-0.05, 0) is 58.0 Å². The van der Waals surface area contributed by atoms with Gasteiger partial charge in [-0.25, -0.2) is 0 Å². The predicted octanol–water partition coefficient (Wildman–Crippen LogP) is 3.23. The minimum atomic E-state index is 0.223. The van der Waals surface area contributed by atoms with Gasteiger partial charge in [0.2, 0.25) is 0 Å². The molecule has 0 aliphatic carbocycles. The number of carbonyl (C=O) groups excluding carboxylic acids is 1. The van der Waals surface area contributed by atoms with Crippen LogP contribution in [0.5, 0.6) is 0 Å². The fraction of sp³-hybridized carbons (Fsp3) is 0.133. The number of hydrogen-bond donors (Lipinski definition) is 1. The number of benzene rings is 2. The molecule has 0 amide bonds. The van der Waals surface area contributed by atoms with Crippen molar-refractivity contribution >= 4 is 34.1 Å². The van der Waals surface area contributed by atoms with E-state index in [-0.39, 0.29) is 5.78 Å². The summed E-state index contributed by atoms with van der Waals surface area (Å²) in [6, 6.07) is 15.5. The van der Waals surface area contributed by atoms with Gasteiger partial charge in [0, 0.05) is 22.1 Å². The van der Waals surface area contributed by atoms with Crippen LogP contribution in [0.25, 0.3) is 0 Å². The molecule has 0 unspecified atom stereocenters. The van der Waals surface area contributed by atoms with Gasteiger partial charge in [0.15, 0.2) is 0 Å². The standard InChI is InChI=1S/C15H14INO/c16-13-5-1-11(2-6-13)9-15(18)10-12-3-7-14(17)8-4-12/h1-8H,9-10,17H2. The highest BCUT2D eigenvalue weighted by molar-refractivity contribution is 14.1. The summed E-state index contributed by atoms with van der Waals surface area (Å²) in [4.78, 5) is 11.9. The molecule has 92 valence electrons. The van der Waals surface area contributed by atoms with E-state index in [1.807, 2.05) is 48.5 Å². The van der Waals surface area contributed by atoms with Gasteiger partial charge >= 0.3 is 0 Å². The summed E-state index contributed by atoms with van der Waals surface area (Å²) in [5.74, 6) is 0.223. The quantitative estimate of drug-likeness (QED) is 0.679. The third kappa shape index (κ3) is 3.84. The number of Topliss-reactive ketones (excluding diaryl/α,β-unsaturated/α-hetero) is 1. The van der Waals surface area contributed by atoms with Crippen molar-refractivity contribution in [3.8, 4) is 0 Å². The van der Waals surface area contributed by atoms with Crippen LogP contribution in [-0.2, 0) is 17.6 Å². The molecule has 0 aliphatic heterocycles. The van der Waals surface area contributed by atoms with Gasteiger partial charge in [0.05, 0.1) is 0 Å². The number of anilines is 1. The lowest BCUT2D eigenvalue weighted by molar-refractivity contribution is -0.117. The van der Waals surface area contributed by atoms with Crippen LogP contribution in [0.1, 0.15) is 11.1 Å². The van der Waals surface area contributed by atoms with Crippen molar-refractivity contribution in [3.05, 3.63) is 63.2 Å². The Kier molecular flexibility index (Phi) is 4.36. The van der Waals surface area contributed by atoms with E-state index in [2.05, 4.69) is 22.6 Å². The number of rotatable bonds is 4. The minimum absolute atomic E-state index is 0.223. The lowest BCUT2D eigenvalue weighted by atomic mass is 10.0. The molecule has 0 radical (unpaired) electrons. The Balaban J connectivity index is 1.96. The second kappa shape index (κ2) is 6.00. The fourth-order valence-electron chi connectivity index (χ4n) is 1.76. The molecule has 3 heteroatoms. The van der Waals surface area contributed by atoms with Crippen LogP contribution >= 0.6 is 22.6 Å². The number of carbonyl (C=O) groups is 1. The first-order chi connectivity index (χ1) is 8.63. The smallest absolute Gasteiger partial charge is 0.141 e. The SMILES string of the molecule is Nc1ccc(CC(=O)Cc2ccc(I)cc2)cc1. The Hall–Kier alpha value is -1.36. The topological polar surface area (TPSA) is 43.1 Å². The number of halogens is 1. The average Bonchev–Trinajstić information content (AvgIpc) is 2.35. The first-order valence-electron chi connectivity index (χ1n) is 5.74. The van der Waals surface area contributed by atoms with E-state index in [9.17, 15) is 4.79 Å². The van der Waals surface area contributed by atoms with Crippen LogP contribution in [0.15, 0.2) is 48.5 Å². The molecule has 2 aromatic rings. The normalized spacial score (nSPS) is 10.3. The van der Waals surface area contributed by atoms with Crippen molar-refractivity contribution in [1.82, 2.24) is 0 Å². The van der Waals surface area contributed by atoms with Crippen LogP contribution in [0.4, 0.5) is 5.69 Å². The summed E-state index contributed by atoms with van der Waals surface area (Å²) in [6.45, 7) is 0. The van der Waals surface area contributed by atoms with Crippen molar-refractivity contribution < 1.29 is 4.79 Å². The molecule has 0 aromatic heterocycles. The molecule has 18 heavy (non-hydrogen) atoms. The number of nitrogens with two attached hydrogens (primary N) is 1. The van der Waals surface area contributed by atoms with Gasteiger partial charge in [0.25, 0.3) is 0 Å². The van der Waals surface area contributed by atoms with E-state index in [1.54, 1.807) is 0 Å². The fourth-order valence-corrected chi connectivity index (χ4v) is 2.12. The maximum Gasteiger partial charge on any atom is 0.141 e. The predicted molar refractivity (Wildman–Crippen MR) is 82.4 cm³/mol. The molecule has 0 fully saturated rings. The van der Waals surface area contributed by atoms with E-state index in [0.717, 1.165) is 16.8 Å². The van der Waals surface area contributed by atoms with Crippen molar-refractivity contribution in [2.24, 2.45) is 0 Å². The van der Waals surface area contributed by atoms with E-state index in [1.165, 1.54) is 3.57 Å². The lowest BCUT2D eigenvalue weighted by Gasteiger charge is -2.03. The summed E-state index contributed by atoms with van der Waals surface area (Å²) in [5.41, 5.74) is 8.41. The van der Waals surface area contributed by atoms with Crippen LogP contribution in [0.2, 0.25) is 0 Å². The van der Waals surface area contributed by atoms with Crippen molar-refractivity contribution in [3.63, 3.8) is 0 Å². The molecule has 2 aromatic carbocycles. The Labute approximate surface area is 120 Å². The second-order valence-electron chi connectivity index (χ2n) is 4.26. The number of nitrogen functional groups attached to an aromatic ring is 1. The molecular weight excluding hydrogens is 337 g/mol.